The minimum atomic E-state index is -0.393. The maximum Gasteiger partial charge on any atom is 0.236 e. The number of benzene rings is 1. The van der Waals surface area contributed by atoms with E-state index in [1.807, 2.05) is 21.9 Å². The first-order chi connectivity index (χ1) is 14.0. The number of amides is 1. The second kappa shape index (κ2) is 8.37. The molecule has 1 saturated carbocycles. The van der Waals surface area contributed by atoms with Crippen LogP contribution < -0.4 is 4.90 Å². The molecule has 2 fully saturated rings. The predicted molar refractivity (Wildman–Crippen MR) is 107 cm³/mol. The predicted octanol–water partition coefficient (Wildman–Crippen LogP) is 2.93. The number of rotatable bonds is 7. The Morgan fingerprint density at radius 2 is 1.93 bits per heavy atom. The van der Waals surface area contributed by atoms with Crippen LogP contribution in [-0.2, 0) is 11.3 Å². The van der Waals surface area contributed by atoms with E-state index in [1.165, 1.54) is 13.0 Å². The Labute approximate surface area is 169 Å². The van der Waals surface area contributed by atoms with E-state index in [2.05, 4.69) is 4.90 Å². The number of halogens is 1. The Morgan fingerprint density at radius 3 is 2.52 bits per heavy atom. The van der Waals surface area contributed by atoms with Crippen molar-refractivity contribution in [3.05, 3.63) is 53.7 Å². The number of hydrogen-bond acceptors (Lipinski definition) is 5. The van der Waals surface area contributed by atoms with Crippen LogP contribution in [0.2, 0.25) is 0 Å². The zero-order valence-corrected chi connectivity index (χ0v) is 16.6. The van der Waals surface area contributed by atoms with Gasteiger partial charge in [-0.2, -0.15) is 0 Å². The molecule has 1 aliphatic carbocycles. The maximum absolute atomic E-state index is 14.4. The molecule has 154 valence electrons. The number of carbonyl (C=O) groups excluding carboxylic acids is 2. The number of furan rings is 1. The minimum Gasteiger partial charge on any atom is -0.468 e. The molecule has 4 rings (SSSR count). The number of hydrogen-bond donors (Lipinski definition) is 0. The van der Waals surface area contributed by atoms with Crippen molar-refractivity contribution in [3.8, 4) is 0 Å². The third-order valence-electron chi connectivity index (χ3n) is 5.67. The van der Waals surface area contributed by atoms with Gasteiger partial charge in [0.2, 0.25) is 5.91 Å². The average Bonchev–Trinajstić information content (AvgIpc) is 3.44. The van der Waals surface area contributed by atoms with Crippen LogP contribution in [0.1, 0.15) is 35.9 Å². The van der Waals surface area contributed by atoms with Crippen molar-refractivity contribution in [2.24, 2.45) is 0 Å². The van der Waals surface area contributed by atoms with Gasteiger partial charge in [0.1, 0.15) is 11.6 Å². The number of nitrogens with zero attached hydrogens (tertiary/aromatic N) is 3. The van der Waals surface area contributed by atoms with Crippen molar-refractivity contribution in [2.75, 3.05) is 37.6 Å². The molecule has 0 radical (unpaired) electrons. The van der Waals surface area contributed by atoms with E-state index >= 15 is 0 Å². The van der Waals surface area contributed by atoms with Crippen LogP contribution in [0.5, 0.6) is 0 Å². The first-order valence-electron chi connectivity index (χ1n) is 10.1. The maximum atomic E-state index is 14.4. The molecule has 2 heterocycles. The van der Waals surface area contributed by atoms with Gasteiger partial charge < -0.3 is 14.2 Å². The van der Waals surface area contributed by atoms with Crippen LogP contribution >= 0.6 is 0 Å². The zero-order chi connectivity index (χ0) is 20.4. The van der Waals surface area contributed by atoms with Gasteiger partial charge in [0.15, 0.2) is 5.78 Å². The number of Topliss-reactive ketones (excluding diaryl/α,β-unsaturated/α-hetero) is 1. The van der Waals surface area contributed by atoms with Crippen molar-refractivity contribution in [1.82, 2.24) is 9.80 Å². The highest BCUT2D eigenvalue weighted by atomic mass is 19.1. The normalized spacial score (nSPS) is 17.1. The number of ketones is 1. The molecule has 0 bridgehead atoms. The second-order valence-electron chi connectivity index (χ2n) is 7.81. The Bertz CT molecular complexity index is 871. The molecule has 1 aromatic carbocycles. The standard InChI is InChI=1S/C22H26FN3O3/c1-16(27)17-4-7-21(20(23)13-17)24-8-10-25(11-9-24)22(28)15-26(18-5-6-18)14-19-3-2-12-29-19/h2-4,7,12-13,18H,5-6,8-11,14-15H2,1H3. The molecule has 0 unspecified atom stereocenters. The summed E-state index contributed by atoms with van der Waals surface area (Å²) in [5, 5.41) is 0. The molecule has 1 aliphatic heterocycles. The first-order valence-corrected chi connectivity index (χ1v) is 10.1. The lowest BCUT2D eigenvalue weighted by Crippen LogP contribution is -2.51. The summed E-state index contributed by atoms with van der Waals surface area (Å²) in [5.41, 5.74) is 0.858. The van der Waals surface area contributed by atoms with Crippen LogP contribution in [0.4, 0.5) is 10.1 Å². The summed E-state index contributed by atoms with van der Waals surface area (Å²) in [4.78, 5) is 30.2. The third kappa shape index (κ3) is 4.67. The summed E-state index contributed by atoms with van der Waals surface area (Å²) < 4.78 is 19.8. The average molecular weight is 399 g/mol. The van der Waals surface area contributed by atoms with Crippen LogP contribution in [0.15, 0.2) is 41.0 Å². The van der Waals surface area contributed by atoms with Crippen molar-refractivity contribution in [2.45, 2.75) is 32.4 Å². The van der Waals surface area contributed by atoms with Crippen LogP contribution in [-0.4, -0.2) is 60.3 Å². The van der Waals surface area contributed by atoms with Crippen molar-refractivity contribution in [3.63, 3.8) is 0 Å². The number of piperazine rings is 1. The van der Waals surface area contributed by atoms with Gasteiger partial charge in [-0.05, 0) is 50.1 Å². The summed E-state index contributed by atoms with van der Waals surface area (Å²) in [6.07, 6.45) is 3.90. The van der Waals surface area contributed by atoms with Crippen molar-refractivity contribution in [1.29, 1.82) is 0 Å². The van der Waals surface area contributed by atoms with E-state index in [-0.39, 0.29) is 11.7 Å². The van der Waals surface area contributed by atoms with Gasteiger partial charge in [-0.15, -0.1) is 0 Å². The molecular weight excluding hydrogens is 373 g/mol. The largest absolute Gasteiger partial charge is 0.468 e. The lowest BCUT2D eigenvalue weighted by atomic mass is 10.1. The van der Waals surface area contributed by atoms with Crippen LogP contribution in [0.25, 0.3) is 0 Å². The van der Waals surface area contributed by atoms with Crippen LogP contribution in [0.3, 0.4) is 0 Å². The van der Waals surface area contributed by atoms with E-state index in [4.69, 9.17) is 4.42 Å². The smallest absolute Gasteiger partial charge is 0.236 e. The van der Waals surface area contributed by atoms with Gasteiger partial charge in [-0.25, -0.2) is 4.39 Å². The molecule has 29 heavy (non-hydrogen) atoms. The van der Waals surface area contributed by atoms with E-state index in [0.717, 1.165) is 18.6 Å². The van der Waals surface area contributed by atoms with Crippen molar-refractivity contribution >= 4 is 17.4 Å². The topological polar surface area (TPSA) is 57.0 Å². The molecular formula is C22H26FN3O3. The highest BCUT2D eigenvalue weighted by molar-refractivity contribution is 5.94. The summed E-state index contributed by atoms with van der Waals surface area (Å²) in [6, 6.07) is 8.85. The van der Waals surface area contributed by atoms with Gasteiger partial charge in [-0.3, -0.25) is 14.5 Å². The number of carbonyl (C=O) groups is 2. The number of anilines is 1. The molecule has 0 N–H and O–H groups in total. The molecule has 1 amide bonds. The molecule has 1 aromatic heterocycles. The van der Waals surface area contributed by atoms with E-state index in [1.54, 1.807) is 18.4 Å². The molecule has 0 atom stereocenters. The van der Waals surface area contributed by atoms with Gasteiger partial charge in [0, 0.05) is 37.8 Å². The Hall–Kier alpha value is -2.67. The minimum absolute atomic E-state index is 0.107. The quantitative estimate of drug-likeness (QED) is 0.670. The van der Waals surface area contributed by atoms with Gasteiger partial charge in [-0.1, -0.05) is 0 Å². The molecule has 1 saturated heterocycles. The Balaban J connectivity index is 1.33. The van der Waals surface area contributed by atoms with E-state index in [0.29, 0.717) is 56.6 Å². The second-order valence-corrected chi connectivity index (χ2v) is 7.81. The summed E-state index contributed by atoms with van der Waals surface area (Å²) in [6.45, 7) is 4.73. The summed E-state index contributed by atoms with van der Waals surface area (Å²) in [7, 11) is 0. The summed E-state index contributed by atoms with van der Waals surface area (Å²) >= 11 is 0. The highest BCUT2D eigenvalue weighted by Crippen LogP contribution is 2.28. The molecule has 7 heteroatoms. The SMILES string of the molecule is CC(=O)c1ccc(N2CCN(C(=O)CN(Cc3ccco3)C3CC3)CC2)c(F)c1. The van der Waals surface area contributed by atoms with E-state index in [9.17, 15) is 14.0 Å². The lowest BCUT2D eigenvalue weighted by molar-refractivity contribution is -0.133. The third-order valence-corrected chi connectivity index (χ3v) is 5.67. The summed E-state index contributed by atoms with van der Waals surface area (Å²) in [5.74, 6) is 0.436. The molecule has 2 aliphatic rings. The molecule has 6 nitrogen and oxygen atoms in total. The Kier molecular flexibility index (Phi) is 5.67. The highest BCUT2D eigenvalue weighted by Gasteiger charge is 2.32. The van der Waals surface area contributed by atoms with Crippen molar-refractivity contribution < 1.29 is 18.4 Å². The lowest BCUT2D eigenvalue weighted by Gasteiger charge is -2.37. The van der Waals surface area contributed by atoms with Crippen LogP contribution in [0, 0.1) is 5.82 Å². The monoisotopic (exact) mass is 399 g/mol. The fourth-order valence-corrected chi connectivity index (χ4v) is 3.81. The fourth-order valence-electron chi connectivity index (χ4n) is 3.81. The van der Waals surface area contributed by atoms with E-state index < -0.39 is 5.82 Å². The molecule has 0 spiro atoms. The van der Waals surface area contributed by atoms with Gasteiger partial charge in [0.25, 0.3) is 0 Å². The molecule has 2 aromatic rings. The van der Waals surface area contributed by atoms with Gasteiger partial charge >= 0.3 is 0 Å². The zero-order valence-electron chi connectivity index (χ0n) is 16.6. The first kappa shape index (κ1) is 19.6. The van der Waals surface area contributed by atoms with Gasteiger partial charge in [0.05, 0.1) is 25.0 Å². The Morgan fingerprint density at radius 1 is 1.17 bits per heavy atom. The fraction of sp³-hybridized carbons (Fsp3) is 0.455.